The fourth-order valence-electron chi connectivity index (χ4n) is 1.24. The Bertz CT molecular complexity index is 524. The summed E-state index contributed by atoms with van der Waals surface area (Å²) in [5, 5.41) is 11.6. The van der Waals surface area contributed by atoms with Gasteiger partial charge in [0.25, 0.3) is 5.91 Å². The molecule has 1 amide bonds. The van der Waals surface area contributed by atoms with Gasteiger partial charge in [0.05, 0.1) is 12.3 Å². The summed E-state index contributed by atoms with van der Waals surface area (Å²) in [6.07, 6.45) is 4.01. The summed E-state index contributed by atoms with van der Waals surface area (Å²) in [6.45, 7) is 4.77. The van der Waals surface area contributed by atoms with Crippen LogP contribution in [0.2, 0.25) is 0 Å². The number of hydrogen-bond acceptors (Lipinski definition) is 6. The first-order valence-electron chi connectivity index (χ1n) is 6.04. The van der Waals surface area contributed by atoms with E-state index in [1.54, 1.807) is 6.92 Å². The molecule has 0 aliphatic rings. The van der Waals surface area contributed by atoms with Gasteiger partial charge in [0.1, 0.15) is 5.54 Å². The number of carbonyl (C=O) groups excluding carboxylic acids is 2. The highest BCUT2D eigenvalue weighted by Crippen LogP contribution is 2.14. The van der Waals surface area contributed by atoms with Crippen LogP contribution >= 0.6 is 0 Å². The number of nitriles is 1. The molecule has 1 atom stereocenters. The zero-order valence-electron chi connectivity index (χ0n) is 11.6. The number of amides is 1. The third-order valence-corrected chi connectivity index (χ3v) is 2.89. The zero-order chi connectivity index (χ0) is 15.2. The van der Waals surface area contributed by atoms with Crippen molar-refractivity contribution in [2.24, 2.45) is 5.92 Å². The largest absolute Gasteiger partial charge is 0.451 e. The van der Waals surface area contributed by atoms with Crippen LogP contribution in [0.15, 0.2) is 18.6 Å². The normalized spacial score (nSPS) is 13.2. The first-order valence-corrected chi connectivity index (χ1v) is 6.04. The van der Waals surface area contributed by atoms with Gasteiger partial charge in [-0.05, 0) is 12.8 Å². The van der Waals surface area contributed by atoms with E-state index in [0.717, 1.165) is 0 Å². The number of nitrogens with zero attached hydrogens (tertiary/aromatic N) is 3. The highest BCUT2D eigenvalue weighted by Gasteiger charge is 2.30. The van der Waals surface area contributed by atoms with Crippen molar-refractivity contribution in [2.75, 3.05) is 6.61 Å². The number of rotatable bonds is 5. The van der Waals surface area contributed by atoms with Crippen molar-refractivity contribution in [3.05, 3.63) is 24.3 Å². The summed E-state index contributed by atoms with van der Waals surface area (Å²) >= 11 is 0. The maximum Gasteiger partial charge on any atom is 0.359 e. The molecular weight excluding hydrogens is 260 g/mol. The molecule has 0 bridgehead atoms. The molecule has 0 saturated heterocycles. The Morgan fingerprint density at radius 3 is 2.70 bits per heavy atom. The summed E-state index contributed by atoms with van der Waals surface area (Å²) in [7, 11) is 0. The van der Waals surface area contributed by atoms with Crippen molar-refractivity contribution < 1.29 is 14.3 Å². The van der Waals surface area contributed by atoms with Crippen LogP contribution in [0, 0.1) is 17.2 Å². The van der Waals surface area contributed by atoms with Crippen LogP contribution in [0.1, 0.15) is 31.3 Å². The second kappa shape index (κ2) is 6.61. The number of hydrogen-bond donors (Lipinski definition) is 1. The smallest absolute Gasteiger partial charge is 0.359 e. The quantitative estimate of drug-likeness (QED) is 0.793. The molecule has 7 nitrogen and oxygen atoms in total. The minimum absolute atomic E-state index is 0.0206. The van der Waals surface area contributed by atoms with Crippen LogP contribution < -0.4 is 5.32 Å². The molecule has 7 heteroatoms. The molecule has 1 aromatic rings. The van der Waals surface area contributed by atoms with Gasteiger partial charge in [-0.3, -0.25) is 9.78 Å². The summed E-state index contributed by atoms with van der Waals surface area (Å²) in [5.74, 6) is -1.36. The van der Waals surface area contributed by atoms with E-state index >= 15 is 0 Å². The van der Waals surface area contributed by atoms with Gasteiger partial charge in [0, 0.05) is 12.4 Å². The van der Waals surface area contributed by atoms with E-state index in [2.05, 4.69) is 15.3 Å². The number of nitrogens with one attached hydrogen (secondary N) is 1. The van der Waals surface area contributed by atoms with Crippen molar-refractivity contribution in [3.63, 3.8) is 0 Å². The summed E-state index contributed by atoms with van der Waals surface area (Å²) in [5.41, 5.74) is -0.983. The van der Waals surface area contributed by atoms with E-state index in [0.29, 0.717) is 0 Å². The Kier molecular flexibility index (Phi) is 5.15. The van der Waals surface area contributed by atoms with Crippen LogP contribution in [0.25, 0.3) is 0 Å². The third kappa shape index (κ3) is 4.02. The molecule has 106 valence electrons. The summed E-state index contributed by atoms with van der Waals surface area (Å²) in [4.78, 5) is 30.7. The summed E-state index contributed by atoms with van der Waals surface area (Å²) < 4.78 is 4.80. The first kappa shape index (κ1) is 15.6. The maximum atomic E-state index is 11.7. The lowest BCUT2D eigenvalue weighted by Gasteiger charge is -2.27. The number of aromatic nitrogens is 2. The van der Waals surface area contributed by atoms with Gasteiger partial charge < -0.3 is 10.1 Å². The van der Waals surface area contributed by atoms with Gasteiger partial charge in [0.15, 0.2) is 12.3 Å². The van der Waals surface area contributed by atoms with Gasteiger partial charge in [-0.25, -0.2) is 9.78 Å². The molecule has 1 heterocycles. The molecule has 1 aromatic heterocycles. The van der Waals surface area contributed by atoms with Crippen molar-refractivity contribution in [1.82, 2.24) is 15.3 Å². The van der Waals surface area contributed by atoms with Crippen molar-refractivity contribution >= 4 is 11.9 Å². The third-order valence-electron chi connectivity index (χ3n) is 2.89. The average Bonchev–Trinajstić information content (AvgIpc) is 2.45. The Morgan fingerprint density at radius 2 is 2.20 bits per heavy atom. The Labute approximate surface area is 117 Å². The fourth-order valence-corrected chi connectivity index (χ4v) is 1.24. The molecule has 0 unspecified atom stereocenters. The fraction of sp³-hybridized carbons (Fsp3) is 0.462. The van der Waals surface area contributed by atoms with E-state index in [-0.39, 0.29) is 11.6 Å². The van der Waals surface area contributed by atoms with E-state index < -0.39 is 24.0 Å². The predicted octanol–water partition coefficient (Wildman–Crippen LogP) is 0.688. The van der Waals surface area contributed by atoms with Crippen LogP contribution in [0.3, 0.4) is 0 Å². The van der Waals surface area contributed by atoms with E-state index in [1.807, 2.05) is 19.9 Å². The number of esters is 1. The molecular formula is C13H16N4O3. The lowest BCUT2D eigenvalue weighted by Crippen LogP contribution is -2.50. The van der Waals surface area contributed by atoms with Crippen LogP contribution in [0.4, 0.5) is 0 Å². The Hall–Kier alpha value is -2.49. The number of carbonyl (C=O) groups is 2. The molecule has 0 aromatic carbocycles. The minimum Gasteiger partial charge on any atom is -0.451 e. The molecule has 0 saturated carbocycles. The van der Waals surface area contributed by atoms with Crippen molar-refractivity contribution in [1.29, 1.82) is 5.26 Å². The first-order chi connectivity index (χ1) is 9.39. The van der Waals surface area contributed by atoms with Crippen LogP contribution in [0.5, 0.6) is 0 Å². The summed E-state index contributed by atoms with van der Waals surface area (Å²) in [6, 6.07) is 2.03. The SMILES string of the molecule is CC(C)[C@](C)(C#N)NC(=O)COC(=O)c1cnccn1. The van der Waals surface area contributed by atoms with Gasteiger partial charge in [-0.2, -0.15) is 5.26 Å². The van der Waals surface area contributed by atoms with Crippen LogP contribution in [-0.4, -0.2) is 34.0 Å². The molecule has 20 heavy (non-hydrogen) atoms. The lowest BCUT2D eigenvalue weighted by atomic mass is 9.90. The van der Waals surface area contributed by atoms with Gasteiger partial charge in [-0.1, -0.05) is 13.8 Å². The zero-order valence-corrected chi connectivity index (χ0v) is 11.6. The molecule has 1 N–H and O–H groups in total. The average molecular weight is 276 g/mol. The van der Waals surface area contributed by atoms with Gasteiger partial charge in [0.2, 0.25) is 0 Å². The Balaban J connectivity index is 2.53. The predicted molar refractivity (Wildman–Crippen MR) is 69.3 cm³/mol. The second-order valence-electron chi connectivity index (χ2n) is 4.68. The molecule has 0 aliphatic heterocycles. The van der Waals surface area contributed by atoms with Gasteiger partial charge in [-0.15, -0.1) is 0 Å². The lowest BCUT2D eigenvalue weighted by molar-refractivity contribution is -0.125. The highest BCUT2D eigenvalue weighted by molar-refractivity contribution is 5.89. The van der Waals surface area contributed by atoms with Crippen molar-refractivity contribution in [3.8, 4) is 6.07 Å². The van der Waals surface area contributed by atoms with Crippen molar-refractivity contribution in [2.45, 2.75) is 26.3 Å². The molecule has 1 rings (SSSR count). The Morgan fingerprint density at radius 1 is 1.50 bits per heavy atom. The second-order valence-corrected chi connectivity index (χ2v) is 4.68. The van der Waals surface area contributed by atoms with E-state index in [1.165, 1.54) is 18.6 Å². The maximum absolute atomic E-state index is 11.7. The number of ether oxygens (including phenoxy) is 1. The standard InChI is InChI=1S/C13H16N4O3/c1-9(2)13(3,8-14)17-11(18)7-20-12(19)10-6-15-4-5-16-10/h4-6,9H,7H2,1-3H3,(H,17,18)/t13-/m0/s1. The van der Waals surface area contributed by atoms with E-state index in [4.69, 9.17) is 10.00 Å². The van der Waals surface area contributed by atoms with Gasteiger partial charge >= 0.3 is 5.97 Å². The highest BCUT2D eigenvalue weighted by atomic mass is 16.5. The molecule has 0 spiro atoms. The molecule has 0 fully saturated rings. The van der Waals surface area contributed by atoms with Crippen LogP contribution in [-0.2, 0) is 9.53 Å². The monoisotopic (exact) mass is 276 g/mol. The van der Waals surface area contributed by atoms with E-state index in [9.17, 15) is 9.59 Å². The molecule has 0 aliphatic carbocycles. The minimum atomic E-state index is -1.00. The topological polar surface area (TPSA) is 105 Å². The molecule has 0 radical (unpaired) electrons.